The van der Waals surface area contributed by atoms with Crippen LogP contribution in [0, 0.1) is 10.1 Å². The van der Waals surface area contributed by atoms with Gasteiger partial charge in [0.25, 0.3) is 5.69 Å². The molecular formula is C18H21N3O7S. The number of ether oxygens (including phenoxy) is 2. The quantitative estimate of drug-likeness (QED) is 0.219. The maximum absolute atomic E-state index is 12.7. The fourth-order valence-corrected chi connectivity index (χ4v) is 4.70. The summed E-state index contributed by atoms with van der Waals surface area (Å²) in [4.78, 5) is 47.6. The van der Waals surface area contributed by atoms with Gasteiger partial charge in [-0.05, 0) is 24.1 Å². The fourth-order valence-electron chi connectivity index (χ4n) is 3.44. The van der Waals surface area contributed by atoms with Crippen LogP contribution in [0.2, 0.25) is 0 Å². The van der Waals surface area contributed by atoms with Gasteiger partial charge in [0.1, 0.15) is 19.3 Å². The Morgan fingerprint density at radius 2 is 2.03 bits per heavy atom. The van der Waals surface area contributed by atoms with E-state index in [0.717, 1.165) is 0 Å². The van der Waals surface area contributed by atoms with Crippen molar-refractivity contribution in [2.45, 2.75) is 36.8 Å². The van der Waals surface area contributed by atoms with Crippen molar-refractivity contribution in [1.82, 2.24) is 10.2 Å². The molecule has 3 atom stereocenters. The number of fused-ring (bicyclic) bond motifs is 1. The minimum atomic E-state index is -0.677. The van der Waals surface area contributed by atoms with Crippen molar-refractivity contribution < 1.29 is 28.8 Å². The molecule has 0 aliphatic carbocycles. The number of hydrogen-bond acceptors (Lipinski definition) is 8. The highest BCUT2D eigenvalue weighted by atomic mass is 32.2. The SMILES string of the molecule is CNC(=O)OCCS[C@@H]1CC2CC(=O)N2[C@@H]1C(=O)OCc1ccc([N+](=O)[O-])cc1. The largest absolute Gasteiger partial charge is 0.459 e. The second-order valence-corrected chi connectivity index (χ2v) is 8.01. The summed E-state index contributed by atoms with van der Waals surface area (Å²) in [6, 6.07) is 5.11. The van der Waals surface area contributed by atoms with E-state index < -0.39 is 23.0 Å². The van der Waals surface area contributed by atoms with E-state index in [1.54, 1.807) is 4.90 Å². The minimum Gasteiger partial charge on any atom is -0.459 e. The number of nitro groups is 1. The van der Waals surface area contributed by atoms with Gasteiger partial charge in [-0.25, -0.2) is 9.59 Å². The summed E-state index contributed by atoms with van der Waals surface area (Å²) in [6.45, 7) is 0.168. The van der Waals surface area contributed by atoms with Crippen LogP contribution < -0.4 is 5.32 Å². The lowest BCUT2D eigenvalue weighted by Gasteiger charge is -2.37. The third kappa shape index (κ3) is 4.78. The highest BCUT2D eigenvalue weighted by Crippen LogP contribution is 2.41. The Balaban J connectivity index is 1.55. The van der Waals surface area contributed by atoms with E-state index in [0.29, 0.717) is 24.2 Å². The van der Waals surface area contributed by atoms with Crippen molar-refractivity contribution in [1.29, 1.82) is 0 Å². The zero-order valence-corrected chi connectivity index (χ0v) is 16.6. The molecule has 2 heterocycles. The smallest absolute Gasteiger partial charge is 0.406 e. The van der Waals surface area contributed by atoms with Gasteiger partial charge in [-0.2, -0.15) is 11.8 Å². The Labute approximate surface area is 171 Å². The van der Waals surface area contributed by atoms with Crippen molar-refractivity contribution in [2.75, 3.05) is 19.4 Å². The van der Waals surface area contributed by atoms with Gasteiger partial charge in [-0.15, -0.1) is 0 Å². The van der Waals surface area contributed by atoms with Gasteiger partial charge in [-0.3, -0.25) is 14.9 Å². The van der Waals surface area contributed by atoms with Gasteiger partial charge in [0.15, 0.2) is 0 Å². The van der Waals surface area contributed by atoms with Crippen molar-refractivity contribution in [3.63, 3.8) is 0 Å². The predicted octanol–water partition coefficient (Wildman–Crippen LogP) is 1.47. The normalized spacial score (nSPS) is 22.4. The van der Waals surface area contributed by atoms with E-state index in [9.17, 15) is 24.5 Å². The number of non-ortho nitro benzene ring substituents is 1. The number of rotatable bonds is 8. The first-order chi connectivity index (χ1) is 13.9. The molecule has 2 amide bonds. The summed E-state index contributed by atoms with van der Waals surface area (Å²) in [5.41, 5.74) is 0.580. The molecule has 1 aromatic carbocycles. The van der Waals surface area contributed by atoms with Crippen LogP contribution in [0.25, 0.3) is 0 Å². The average molecular weight is 423 g/mol. The van der Waals surface area contributed by atoms with E-state index in [2.05, 4.69) is 5.32 Å². The Morgan fingerprint density at radius 1 is 1.31 bits per heavy atom. The lowest BCUT2D eigenvalue weighted by atomic mass is 10.0. The molecule has 2 aliphatic heterocycles. The second kappa shape index (κ2) is 9.12. The van der Waals surface area contributed by atoms with Crippen LogP contribution in [0.4, 0.5) is 10.5 Å². The van der Waals surface area contributed by atoms with E-state index in [4.69, 9.17) is 9.47 Å². The van der Waals surface area contributed by atoms with Crippen LogP contribution >= 0.6 is 11.8 Å². The topological polar surface area (TPSA) is 128 Å². The zero-order chi connectivity index (χ0) is 21.0. The van der Waals surface area contributed by atoms with Gasteiger partial charge in [-0.1, -0.05) is 0 Å². The maximum Gasteiger partial charge on any atom is 0.406 e. The third-order valence-electron chi connectivity index (χ3n) is 4.87. The number of benzene rings is 1. The van der Waals surface area contributed by atoms with Crippen LogP contribution in [0.3, 0.4) is 0 Å². The molecule has 0 radical (unpaired) electrons. The molecule has 1 N–H and O–H groups in total. The van der Waals surface area contributed by atoms with Crippen LogP contribution in [0.5, 0.6) is 0 Å². The van der Waals surface area contributed by atoms with Crippen LogP contribution in [0.15, 0.2) is 24.3 Å². The molecule has 0 aromatic heterocycles. The number of thioether (sulfide) groups is 1. The average Bonchev–Trinajstić information content (AvgIpc) is 3.01. The lowest BCUT2D eigenvalue weighted by molar-refractivity contribution is -0.384. The van der Waals surface area contributed by atoms with Crippen molar-refractivity contribution in [2.24, 2.45) is 0 Å². The van der Waals surface area contributed by atoms with Crippen molar-refractivity contribution in [3.8, 4) is 0 Å². The van der Waals surface area contributed by atoms with Crippen molar-refractivity contribution >= 4 is 35.4 Å². The Hall–Kier alpha value is -2.82. The highest BCUT2D eigenvalue weighted by molar-refractivity contribution is 8.00. The summed E-state index contributed by atoms with van der Waals surface area (Å²) >= 11 is 1.47. The van der Waals surface area contributed by atoms with Crippen molar-refractivity contribution in [3.05, 3.63) is 39.9 Å². The van der Waals surface area contributed by atoms with Gasteiger partial charge >= 0.3 is 12.1 Å². The van der Waals surface area contributed by atoms with Gasteiger partial charge in [0.2, 0.25) is 5.91 Å². The van der Waals surface area contributed by atoms with Gasteiger partial charge in [0.05, 0.1) is 4.92 Å². The second-order valence-electron chi connectivity index (χ2n) is 6.67. The van der Waals surface area contributed by atoms with Crippen LogP contribution in [0.1, 0.15) is 18.4 Å². The standard InChI is InChI=1S/C18H21N3O7S/c1-19-18(24)27-6-7-29-14-8-13-9-15(22)20(13)16(14)17(23)28-10-11-2-4-12(5-3-11)21(25)26/h2-5,13-14,16H,6-10H2,1H3,(H,19,24)/t13?,14-,16+/m1/s1. The van der Waals surface area contributed by atoms with E-state index in [1.807, 2.05) is 0 Å². The number of nitrogens with zero attached hydrogens (tertiary/aromatic N) is 2. The number of β-lactam (4-membered cyclic amide) rings is 1. The minimum absolute atomic E-state index is 0.0306. The monoisotopic (exact) mass is 423 g/mol. The first-order valence-electron chi connectivity index (χ1n) is 9.08. The molecule has 2 fully saturated rings. The number of carbonyl (C=O) groups is 3. The number of carbonyl (C=O) groups excluding carboxylic acids is 3. The summed E-state index contributed by atoms with van der Waals surface area (Å²) in [6.07, 6.45) is 0.598. The molecule has 0 saturated carbocycles. The first-order valence-corrected chi connectivity index (χ1v) is 10.1. The van der Waals surface area contributed by atoms with Crippen LogP contribution in [-0.2, 0) is 25.7 Å². The molecule has 0 spiro atoms. The number of hydrogen-bond donors (Lipinski definition) is 1. The number of nitrogens with one attached hydrogen (secondary N) is 1. The molecule has 29 heavy (non-hydrogen) atoms. The molecule has 11 heteroatoms. The van der Waals surface area contributed by atoms with Gasteiger partial charge < -0.3 is 19.7 Å². The van der Waals surface area contributed by atoms with E-state index in [-0.39, 0.29) is 36.1 Å². The Kier molecular flexibility index (Phi) is 6.57. The molecular weight excluding hydrogens is 402 g/mol. The molecule has 10 nitrogen and oxygen atoms in total. The maximum atomic E-state index is 12.7. The highest BCUT2D eigenvalue weighted by Gasteiger charge is 2.54. The predicted molar refractivity (Wildman–Crippen MR) is 103 cm³/mol. The summed E-state index contributed by atoms with van der Waals surface area (Å²) in [5, 5.41) is 12.9. The van der Waals surface area contributed by atoms with Gasteiger partial charge in [0, 0.05) is 42.6 Å². The summed E-state index contributed by atoms with van der Waals surface area (Å²) in [7, 11) is 1.47. The summed E-state index contributed by atoms with van der Waals surface area (Å²) in [5.74, 6) is -0.0699. The molecule has 1 aromatic rings. The first kappa shape index (κ1) is 20.9. The Bertz CT molecular complexity index is 801. The lowest BCUT2D eigenvalue weighted by Crippen LogP contribution is -2.55. The number of amides is 2. The number of esters is 1. The van der Waals surface area contributed by atoms with E-state index >= 15 is 0 Å². The molecule has 156 valence electrons. The van der Waals surface area contributed by atoms with E-state index in [1.165, 1.54) is 43.1 Å². The molecule has 2 saturated heterocycles. The third-order valence-corrected chi connectivity index (χ3v) is 6.15. The number of nitro benzene ring substituents is 1. The number of alkyl carbamates (subject to hydrolysis) is 1. The molecule has 0 bridgehead atoms. The summed E-state index contributed by atoms with van der Waals surface area (Å²) < 4.78 is 10.3. The molecule has 2 aliphatic rings. The van der Waals surface area contributed by atoms with Crippen LogP contribution in [-0.4, -0.2) is 64.5 Å². The Morgan fingerprint density at radius 3 is 2.66 bits per heavy atom. The molecule has 1 unspecified atom stereocenters. The fraction of sp³-hybridized carbons (Fsp3) is 0.500. The zero-order valence-electron chi connectivity index (χ0n) is 15.7. The molecule has 3 rings (SSSR count).